The van der Waals surface area contributed by atoms with E-state index in [9.17, 15) is 4.79 Å². The van der Waals surface area contributed by atoms with E-state index < -0.39 is 0 Å². The molecule has 18 heavy (non-hydrogen) atoms. The smallest absolute Gasteiger partial charge is 0.232 e. The molecule has 2 aliphatic heterocycles. The van der Waals surface area contributed by atoms with Crippen LogP contribution in [0.25, 0.3) is 0 Å². The first-order valence-corrected chi connectivity index (χ1v) is 6.53. The number of nitrogens with zero attached hydrogens (tertiary/aromatic N) is 1. The molecule has 0 spiro atoms. The van der Waals surface area contributed by atoms with Crippen LogP contribution in [0.1, 0.15) is 6.92 Å². The fourth-order valence-corrected chi connectivity index (χ4v) is 2.92. The summed E-state index contributed by atoms with van der Waals surface area (Å²) < 4.78 is 5.46. The van der Waals surface area contributed by atoms with Gasteiger partial charge in [0, 0.05) is 11.6 Å². The molecule has 1 saturated heterocycles. The molecular weight excluding hydrogens is 252 g/mol. The van der Waals surface area contributed by atoms with E-state index in [1.165, 1.54) is 0 Å². The summed E-state index contributed by atoms with van der Waals surface area (Å²) in [5.41, 5.74) is 1.82. The van der Waals surface area contributed by atoms with Crippen LogP contribution >= 0.6 is 11.6 Å². The molecule has 4 nitrogen and oxygen atoms in total. The van der Waals surface area contributed by atoms with Crippen LogP contribution in [0.4, 0.5) is 11.4 Å². The molecule has 2 atom stereocenters. The van der Waals surface area contributed by atoms with Gasteiger partial charge in [-0.2, -0.15) is 0 Å². The largest absolute Gasteiger partial charge is 0.378 e. The van der Waals surface area contributed by atoms with Crippen LogP contribution in [-0.2, 0) is 9.53 Å². The van der Waals surface area contributed by atoms with E-state index >= 15 is 0 Å². The van der Waals surface area contributed by atoms with Crippen LogP contribution in [0.5, 0.6) is 0 Å². The minimum Gasteiger partial charge on any atom is -0.378 e. The fraction of sp³-hybridized carbons (Fsp3) is 0.462. The summed E-state index contributed by atoms with van der Waals surface area (Å²) in [5, 5.41) is 3.65. The number of hydrogen-bond acceptors (Lipinski definition) is 3. The third-order valence-corrected chi connectivity index (χ3v) is 3.89. The Morgan fingerprint density at radius 1 is 1.50 bits per heavy atom. The Hall–Kier alpha value is -1.26. The number of hydrogen-bond donors (Lipinski definition) is 1. The molecular formula is C13H15ClN2O2. The summed E-state index contributed by atoms with van der Waals surface area (Å²) in [6.07, 6.45) is 0. The van der Waals surface area contributed by atoms with Gasteiger partial charge >= 0.3 is 0 Å². The summed E-state index contributed by atoms with van der Waals surface area (Å²) in [4.78, 5) is 14.4. The quantitative estimate of drug-likeness (QED) is 0.847. The molecule has 0 radical (unpaired) electrons. The lowest BCUT2D eigenvalue weighted by atomic mass is 10.0. The number of benzene rings is 1. The third-order valence-electron chi connectivity index (χ3n) is 3.66. The van der Waals surface area contributed by atoms with Crippen LogP contribution in [0.3, 0.4) is 0 Å². The number of amides is 1. The molecule has 0 saturated carbocycles. The molecule has 0 aromatic heterocycles. The molecule has 2 aliphatic rings. The first kappa shape index (κ1) is 11.8. The Kier molecular flexibility index (Phi) is 2.92. The Bertz CT molecular complexity index is 492. The van der Waals surface area contributed by atoms with Crippen LogP contribution in [0.2, 0.25) is 5.02 Å². The SMILES string of the molecule is CCN1c2cc(Cl)ccc2NC(=O)C2COCC21. The van der Waals surface area contributed by atoms with Gasteiger partial charge in [0.15, 0.2) is 0 Å². The molecule has 2 unspecified atom stereocenters. The molecule has 96 valence electrons. The first-order valence-electron chi connectivity index (χ1n) is 6.15. The van der Waals surface area contributed by atoms with Crippen molar-refractivity contribution < 1.29 is 9.53 Å². The van der Waals surface area contributed by atoms with E-state index in [2.05, 4.69) is 17.1 Å². The third kappa shape index (κ3) is 1.76. The van der Waals surface area contributed by atoms with E-state index in [1.54, 1.807) is 6.07 Å². The minimum atomic E-state index is -0.101. The number of carbonyl (C=O) groups excluding carboxylic acids is 1. The molecule has 5 heteroatoms. The predicted octanol–water partition coefficient (Wildman–Crippen LogP) is 2.13. The Morgan fingerprint density at radius 2 is 2.33 bits per heavy atom. The number of rotatable bonds is 1. The molecule has 0 aliphatic carbocycles. The first-order chi connectivity index (χ1) is 8.70. The van der Waals surface area contributed by atoms with Gasteiger partial charge in [0.25, 0.3) is 0 Å². The van der Waals surface area contributed by atoms with Gasteiger partial charge in [-0.15, -0.1) is 0 Å². The monoisotopic (exact) mass is 266 g/mol. The Morgan fingerprint density at radius 3 is 3.11 bits per heavy atom. The van der Waals surface area contributed by atoms with Gasteiger partial charge in [0.1, 0.15) is 0 Å². The zero-order chi connectivity index (χ0) is 12.7. The summed E-state index contributed by atoms with van der Waals surface area (Å²) in [5.74, 6) is -0.0619. The predicted molar refractivity (Wildman–Crippen MR) is 71.2 cm³/mol. The highest BCUT2D eigenvalue weighted by molar-refractivity contribution is 6.31. The number of likely N-dealkylation sites (N-methyl/N-ethyl adjacent to an activating group) is 1. The second-order valence-corrected chi connectivity index (χ2v) is 5.08. The van der Waals surface area contributed by atoms with Crippen molar-refractivity contribution in [3.05, 3.63) is 23.2 Å². The zero-order valence-corrected chi connectivity index (χ0v) is 10.9. The second-order valence-electron chi connectivity index (χ2n) is 4.65. The summed E-state index contributed by atoms with van der Waals surface area (Å²) in [6, 6.07) is 5.67. The van der Waals surface area contributed by atoms with Crippen molar-refractivity contribution in [2.24, 2.45) is 5.92 Å². The maximum absolute atomic E-state index is 12.2. The molecule has 1 N–H and O–H groups in total. The minimum absolute atomic E-state index is 0.0389. The molecule has 2 heterocycles. The standard InChI is InChI=1S/C13H15ClN2O2/c1-2-16-11-5-8(14)3-4-10(11)15-13(17)9-6-18-7-12(9)16/h3-5,9,12H,2,6-7H2,1H3,(H,15,17). The maximum atomic E-state index is 12.2. The lowest BCUT2D eigenvalue weighted by molar-refractivity contribution is -0.120. The number of nitrogens with one attached hydrogen (secondary N) is 1. The van der Waals surface area contributed by atoms with Crippen LogP contribution in [-0.4, -0.2) is 31.7 Å². The van der Waals surface area contributed by atoms with Crippen molar-refractivity contribution in [1.82, 2.24) is 0 Å². The van der Waals surface area contributed by atoms with Gasteiger partial charge in [-0.25, -0.2) is 0 Å². The molecule has 1 aromatic carbocycles. The van der Waals surface area contributed by atoms with Crippen LogP contribution < -0.4 is 10.2 Å². The molecule has 1 amide bonds. The van der Waals surface area contributed by atoms with E-state index in [4.69, 9.17) is 16.3 Å². The highest BCUT2D eigenvalue weighted by Crippen LogP contribution is 2.37. The highest BCUT2D eigenvalue weighted by Gasteiger charge is 2.40. The highest BCUT2D eigenvalue weighted by atomic mass is 35.5. The molecule has 1 aromatic rings. The van der Waals surface area contributed by atoms with Gasteiger partial charge in [0.2, 0.25) is 5.91 Å². The summed E-state index contributed by atoms with van der Waals surface area (Å²) >= 11 is 6.06. The van der Waals surface area contributed by atoms with E-state index in [-0.39, 0.29) is 17.9 Å². The van der Waals surface area contributed by atoms with Crippen molar-refractivity contribution in [2.45, 2.75) is 13.0 Å². The number of anilines is 2. The van der Waals surface area contributed by atoms with Gasteiger partial charge < -0.3 is 15.0 Å². The Labute approximate surface area is 111 Å². The molecule has 0 bridgehead atoms. The topological polar surface area (TPSA) is 41.6 Å². The summed E-state index contributed by atoms with van der Waals surface area (Å²) in [7, 11) is 0. The van der Waals surface area contributed by atoms with Gasteiger partial charge in [-0.3, -0.25) is 4.79 Å². The van der Waals surface area contributed by atoms with Crippen molar-refractivity contribution in [1.29, 1.82) is 0 Å². The average Bonchev–Trinajstić information content (AvgIpc) is 2.79. The van der Waals surface area contributed by atoms with Crippen molar-refractivity contribution in [3.8, 4) is 0 Å². The number of fused-ring (bicyclic) bond motifs is 2. The van der Waals surface area contributed by atoms with Gasteiger partial charge in [0.05, 0.1) is 36.5 Å². The zero-order valence-electron chi connectivity index (χ0n) is 10.1. The number of ether oxygens (including phenoxy) is 1. The van der Waals surface area contributed by atoms with Crippen molar-refractivity contribution >= 4 is 28.9 Å². The van der Waals surface area contributed by atoms with E-state index in [0.717, 1.165) is 17.9 Å². The second kappa shape index (κ2) is 4.44. The van der Waals surface area contributed by atoms with Crippen molar-refractivity contribution in [3.63, 3.8) is 0 Å². The number of carbonyl (C=O) groups is 1. The lowest BCUT2D eigenvalue weighted by Crippen LogP contribution is -2.42. The normalized spacial score (nSPS) is 26.3. The van der Waals surface area contributed by atoms with Gasteiger partial charge in [-0.1, -0.05) is 11.6 Å². The number of halogens is 1. The van der Waals surface area contributed by atoms with Crippen molar-refractivity contribution in [2.75, 3.05) is 30.0 Å². The molecule has 1 fully saturated rings. The fourth-order valence-electron chi connectivity index (χ4n) is 2.76. The van der Waals surface area contributed by atoms with E-state index in [1.807, 2.05) is 12.1 Å². The average molecular weight is 267 g/mol. The Balaban J connectivity index is 2.10. The lowest BCUT2D eigenvalue weighted by Gasteiger charge is -2.30. The van der Waals surface area contributed by atoms with Crippen LogP contribution in [0, 0.1) is 5.92 Å². The van der Waals surface area contributed by atoms with Gasteiger partial charge in [-0.05, 0) is 25.1 Å². The molecule has 3 rings (SSSR count). The summed E-state index contributed by atoms with van der Waals surface area (Å²) in [6.45, 7) is 4.00. The van der Waals surface area contributed by atoms with E-state index in [0.29, 0.717) is 18.2 Å². The van der Waals surface area contributed by atoms with Crippen LogP contribution in [0.15, 0.2) is 18.2 Å². The maximum Gasteiger partial charge on any atom is 0.232 e.